The molecule has 1 aromatic carbocycles. The van der Waals surface area contributed by atoms with Gasteiger partial charge in [0.15, 0.2) is 0 Å². The van der Waals surface area contributed by atoms with Crippen molar-refractivity contribution in [3.63, 3.8) is 0 Å². The van der Waals surface area contributed by atoms with E-state index in [4.69, 9.17) is 24.0 Å². The Kier molecular flexibility index (Phi) is 5.81. The Bertz CT molecular complexity index is 335. The van der Waals surface area contributed by atoms with E-state index >= 15 is 0 Å². The van der Waals surface area contributed by atoms with Crippen molar-refractivity contribution >= 4 is 13.8 Å². The van der Waals surface area contributed by atoms with Crippen LogP contribution in [0.2, 0.25) is 0 Å². The lowest BCUT2D eigenvalue weighted by Crippen LogP contribution is -2.24. The van der Waals surface area contributed by atoms with Crippen molar-refractivity contribution in [2.75, 3.05) is 0 Å². The lowest BCUT2D eigenvalue weighted by Gasteiger charge is -2.36. The Hall–Kier alpha value is -1.20. The summed E-state index contributed by atoms with van der Waals surface area (Å²) in [6.07, 6.45) is 0. The zero-order chi connectivity index (χ0) is 11.9. The van der Waals surface area contributed by atoms with Crippen molar-refractivity contribution in [3.05, 3.63) is 30.3 Å². The molecule has 0 aliphatic heterocycles. The number of esters is 1. The maximum absolute atomic E-state index is 10.4. The fraction of sp³-hybridized carbons (Fsp3) is 0.125. The molecule has 0 aromatic heterocycles. The third kappa shape index (κ3) is 12.8. The van der Waals surface area contributed by atoms with Crippen molar-refractivity contribution in [2.45, 2.75) is 6.92 Å². The van der Waals surface area contributed by atoms with E-state index in [-0.39, 0.29) is 5.97 Å². The Morgan fingerprint density at radius 2 is 1.60 bits per heavy atom. The number of benzene rings is 1. The molecule has 0 atom stereocenters. The predicted octanol–water partition coefficient (Wildman–Crippen LogP) is -1.21. The van der Waals surface area contributed by atoms with Crippen molar-refractivity contribution < 1.29 is 28.8 Å². The van der Waals surface area contributed by atoms with Crippen LogP contribution in [0.1, 0.15) is 6.92 Å². The van der Waals surface area contributed by atoms with Gasteiger partial charge in [-0.1, -0.05) is 18.2 Å². The second kappa shape index (κ2) is 6.31. The molecule has 0 saturated carbocycles. The summed E-state index contributed by atoms with van der Waals surface area (Å²) >= 11 is 0. The molecule has 84 valence electrons. The van der Waals surface area contributed by atoms with Crippen molar-refractivity contribution in [2.24, 2.45) is 0 Å². The van der Waals surface area contributed by atoms with E-state index in [1.165, 1.54) is 6.92 Å². The molecule has 0 heterocycles. The number of carbonyl (C=O) groups is 1. The Labute approximate surface area is 86.4 Å². The van der Waals surface area contributed by atoms with Crippen LogP contribution < -0.4 is 19.4 Å². The van der Waals surface area contributed by atoms with Gasteiger partial charge in [0.1, 0.15) is 5.75 Å². The molecule has 6 nitrogen and oxygen atoms in total. The zero-order valence-electron chi connectivity index (χ0n) is 7.78. The van der Waals surface area contributed by atoms with Crippen LogP contribution in [0.4, 0.5) is 0 Å². The van der Waals surface area contributed by atoms with Gasteiger partial charge in [0.05, 0.1) is 0 Å². The molecule has 15 heavy (non-hydrogen) atoms. The number of hydrogen-bond acceptors (Lipinski definition) is 6. The summed E-state index contributed by atoms with van der Waals surface area (Å²) in [5, 5.41) is 0. The molecule has 0 N–H and O–H groups in total. The Morgan fingerprint density at radius 3 is 1.93 bits per heavy atom. The van der Waals surface area contributed by atoms with Gasteiger partial charge in [-0.25, -0.2) is 0 Å². The fourth-order valence-electron chi connectivity index (χ4n) is 0.655. The lowest BCUT2D eigenvalue weighted by molar-refractivity contribution is -0.432. The molecule has 0 radical (unpaired) electrons. The van der Waals surface area contributed by atoms with Gasteiger partial charge in [-0.05, 0) is 12.1 Å². The molecule has 1 rings (SSSR count). The maximum atomic E-state index is 10.4. The summed E-state index contributed by atoms with van der Waals surface area (Å²) in [5.41, 5.74) is 0. The molecule has 0 bridgehead atoms. The molecular formula is C8H8O6P-3. The fourth-order valence-corrected chi connectivity index (χ4v) is 0.655. The van der Waals surface area contributed by atoms with E-state index in [0.29, 0.717) is 5.75 Å². The number of phosphoric acid groups is 1. The van der Waals surface area contributed by atoms with E-state index in [1.807, 2.05) is 18.2 Å². The summed E-state index contributed by atoms with van der Waals surface area (Å²) in [6.45, 7) is 1.38. The van der Waals surface area contributed by atoms with Gasteiger partial charge < -0.3 is 24.0 Å². The van der Waals surface area contributed by atoms with Crippen LogP contribution in [0.25, 0.3) is 0 Å². The standard InChI is InChI=1S/C8H8O2.H3O4P/c1-7(9)10-8-5-3-2-4-6-8;1-5(2,3)4/h2-6H,1H3;(H3,1,2,3,4)/p-3. The summed E-state index contributed by atoms with van der Waals surface area (Å²) < 4.78 is 13.3. The maximum Gasteiger partial charge on any atom is 0.308 e. The first-order chi connectivity index (χ1) is 6.79. The predicted molar refractivity (Wildman–Crippen MR) is 45.4 cm³/mol. The Morgan fingerprint density at radius 1 is 1.20 bits per heavy atom. The first kappa shape index (κ1) is 13.8. The van der Waals surface area contributed by atoms with E-state index in [9.17, 15) is 4.79 Å². The molecule has 0 aliphatic rings. The van der Waals surface area contributed by atoms with Crippen molar-refractivity contribution in [1.82, 2.24) is 0 Å². The van der Waals surface area contributed by atoms with Crippen LogP contribution in [0.15, 0.2) is 30.3 Å². The van der Waals surface area contributed by atoms with E-state index in [0.717, 1.165) is 0 Å². The van der Waals surface area contributed by atoms with Crippen LogP contribution >= 0.6 is 7.82 Å². The SMILES string of the molecule is CC(=O)Oc1ccccc1.O=P([O-])([O-])[O-]. The minimum atomic E-state index is -5.39. The van der Waals surface area contributed by atoms with Crippen molar-refractivity contribution in [1.29, 1.82) is 0 Å². The van der Waals surface area contributed by atoms with Gasteiger partial charge >= 0.3 is 5.97 Å². The number of carbonyl (C=O) groups excluding carboxylic acids is 1. The topological polar surface area (TPSA) is 113 Å². The number of hydrogen-bond donors (Lipinski definition) is 0. The smallest absolute Gasteiger partial charge is 0.308 e. The largest absolute Gasteiger partial charge is 0.822 e. The normalized spacial score (nSPS) is 9.87. The van der Waals surface area contributed by atoms with Crippen LogP contribution in [0, 0.1) is 0 Å². The molecule has 0 saturated heterocycles. The molecule has 7 heteroatoms. The monoisotopic (exact) mass is 231 g/mol. The molecule has 0 unspecified atom stereocenters. The van der Waals surface area contributed by atoms with Crippen LogP contribution in [-0.4, -0.2) is 5.97 Å². The summed E-state index contributed by atoms with van der Waals surface area (Å²) in [4.78, 5) is 36.0. The minimum Gasteiger partial charge on any atom is -0.822 e. The molecule has 0 fully saturated rings. The molecule has 0 amide bonds. The van der Waals surface area contributed by atoms with Gasteiger partial charge in [-0.2, -0.15) is 7.82 Å². The quantitative estimate of drug-likeness (QED) is 0.340. The lowest BCUT2D eigenvalue weighted by atomic mass is 10.3. The van der Waals surface area contributed by atoms with Gasteiger partial charge in [-0.15, -0.1) is 0 Å². The van der Waals surface area contributed by atoms with Gasteiger partial charge in [0.2, 0.25) is 0 Å². The van der Waals surface area contributed by atoms with Crippen LogP contribution in [0.3, 0.4) is 0 Å². The zero-order valence-corrected chi connectivity index (χ0v) is 8.68. The average molecular weight is 231 g/mol. The Balaban J connectivity index is 0.000000336. The molecule has 0 aliphatic carbocycles. The molecule has 0 spiro atoms. The van der Waals surface area contributed by atoms with Crippen molar-refractivity contribution in [3.8, 4) is 5.75 Å². The van der Waals surface area contributed by atoms with E-state index < -0.39 is 7.82 Å². The van der Waals surface area contributed by atoms with Gasteiger partial charge in [0.25, 0.3) is 0 Å². The highest BCUT2D eigenvalue weighted by atomic mass is 31.2. The summed E-state index contributed by atoms with van der Waals surface area (Å²) in [5.74, 6) is 0.307. The first-order valence-electron chi connectivity index (χ1n) is 3.75. The van der Waals surface area contributed by atoms with Gasteiger partial charge in [-0.3, -0.25) is 4.79 Å². The van der Waals surface area contributed by atoms with E-state index in [2.05, 4.69) is 0 Å². The van der Waals surface area contributed by atoms with Gasteiger partial charge in [0, 0.05) is 6.92 Å². The second-order valence-corrected chi connectivity index (χ2v) is 3.25. The molecule has 1 aromatic rings. The highest BCUT2D eigenvalue weighted by Gasteiger charge is 1.92. The summed E-state index contributed by atoms with van der Waals surface area (Å²) in [7, 11) is -5.39. The third-order valence-electron chi connectivity index (χ3n) is 1.00. The van der Waals surface area contributed by atoms with Crippen LogP contribution in [-0.2, 0) is 9.36 Å². The van der Waals surface area contributed by atoms with E-state index in [1.54, 1.807) is 12.1 Å². The second-order valence-electron chi connectivity index (χ2n) is 2.35. The highest BCUT2D eigenvalue weighted by Crippen LogP contribution is 2.07. The highest BCUT2D eigenvalue weighted by molar-refractivity contribution is 7.40. The number of ether oxygens (including phenoxy) is 1. The first-order valence-corrected chi connectivity index (χ1v) is 5.21. The summed E-state index contributed by atoms with van der Waals surface area (Å²) in [6, 6.07) is 8.98. The van der Waals surface area contributed by atoms with Crippen LogP contribution in [0.5, 0.6) is 5.75 Å². The third-order valence-corrected chi connectivity index (χ3v) is 1.00. The minimum absolute atomic E-state index is 0.286. The molecular weight excluding hydrogens is 223 g/mol. The number of rotatable bonds is 1. The number of para-hydroxylation sites is 1. The average Bonchev–Trinajstić information content (AvgIpc) is 2.01.